The Balaban J connectivity index is 1.22. The van der Waals surface area contributed by atoms with Gasteiger partial charge in [0, 0.05) is 13.3 Å². The number of nitrogens with one attached hydrogen (secondary N) is 1. The average Bonchev–Trinajstić information content (AvgIpc) is 2.95. The van der Waals surface area contributed by atoms with E-state index in [2.05, 4.69) is 5.32 Å². The van der Waals surface area contributed by atoms with Crippen LogP contribution in [0.5, 0.6) is 0 Å². The van der Waals surface area contributed by atoms with E-state index < -0.39 is 30.0 Å². The maximum absolute atomic E-state index is 12.8. The van der Waals surface area contributed by atoms with Crippen molar-refractivity contribution in [3.8, 4) is 0 Å². The molecule has 0 bridgehead atoms. The minimum atomic E-state index is -1.27. The SMILES string of the molecule is CC(=O)N[C@H]1[C@@H](O)[C@@H](O)[C@@](C)(COCCN2C(=O)CC(C3CC(C4CCC4)C3)C2=O)O[C@@H]1C. The Labute approximate surface area is 195 Å². The van der Waals surface area contributed by atoms with E-state index in [1.54, 1.807) is 13.8 Å². The maximum atomic E-state index is 12.8. The second-order valence-electron chi connectivity index (χ2n) is 10.7. The Morgan fingerprint density at radius 1 is 1.21 bits per heavy atom. The van der Waals surface area contributed by atoms with E-state index >= 15 is 0 Å². The highest BCUT2D eigenvalue weighted by Crippen LogP contribution is 2.51. The summed E-state index contributed by atoms with van der Waals surface area (Å²) in [5.74, 6) is 1.20. The lowest BCUT2D eigenvalue weighted by atomic mass is 9.59. The molecule has 4 rings (SSSR count). The molecule has 0 aromatic carbocycles. The van der Waals surface area contributed by atoms with E-state index in [1.807, 2.05) is 0 Å². The maximum Gasteiger partial charge on any atom is 0.233 e. The van der Waals surface area contributed by atoms with Gasteiger partial charge in [0.05, 0.1) is 37.8 Å². The molecule has 3 amide bonds. The molecule has 2 aliphatic heterocycles. The van der Waals surface area contributed by atoms with Gasteiger partial charge in [-0.15, -0.1) is 0 Å². The van der Waals surface area contributed by atoms with Crippen molar-refractivity contribution in [2.75, 3.05) is 19.8 Å². The van der Waals surface area contributed by atoms with Gasteiger partial charge in [0.15, 0.2) is 0 Å². The Morgan fingerprint density at radius 3 is 2.52 bits per heavy atom. The molecule has 4 aliphatic rings. The van der Waals surface area contributed by atoms with Crippen LogP contribution in [0.2, 0.25) is 0 Å². The van der Waals surface area contributed by atoms with Gasteiger partial charge in [-0.1, -0.05) is 19.3 Å². The number of rotatable bonds is 8. The molecule has 2 saturated carbocycles. The molecule has 0 radical (unpaired) electrons. The molecule has 186 valence electrons. The molecule has 0 spiro atoms. The topological polar surface area (TPSA) is 125 Å². The summed E-state index contributed by atoms with van der Waals surface area (Å²) >= 11 is 0. The van der Waals surface area contributed by atoms with Gasteiger partial charge >= 0.3 is 0 Å². The fourth-order valence-electron chi connectivity index (χ4n) is 6.04. The van der Waals surface area contributed by atoms with E-state index in [0.29, 0.717) is 12.3 Å². The van der Waals surface area contributed by atoms with Crippen LogP contribution in [0, 0.1) is 23.7 Å². The van der Waals surface area contributed by atoms with Gasteiger partial charge < -0.3 is 25.0 Å². The number of likely N-dealkylation sites (tertiary alicyclic amines) is 1. The van der Waals surface area contributed by atoms with Crippen molar-refractivity contribution in [1.29, 1.82) is 0 Å². The summed E-state index contributed by atoms with van der Waals surface area (Å²) in [6, 6.07) is -0.724. The number of hydrogen-bond acceptors (Lipinski definition) is 7. The van der Waals surface area contributed by atoms with Crippen LogP contribution in [0.3, 0.4) is 0 Å². The zero-order chi connectivity index (χ0) is 23.9. The zero-order valence-electron chi connectivity index (χ0n) is 19.9. The standard InChI is InChI=1S/C24H38N2O7/c1-13-20(25-14(2)27)21(29)22(30)24(3,33-13)12-32-8-7-26-19(28)11-18(23(26)31)17-9-16(10-17)15-5-4-6-15/h13,15-18,20-22,29-30H,4-12H2,1-3H3,(H,25,27)/t13-,16?,17?,18?,20-,21-,22-,24-/m1/s1. The van der Waals surface area contributed by atoms with Crippen LogP contribution in [0.1, 0.15) is 59.3 Å². The Morgan fingerprint density at radius 2 is 1.91 bits per heavy atom. The molecule has 9 nitrogen and oxygen atoms in total. The highest BCUT2D eigenvalue weighted by molar-refractivity contribution is 6.03. The summed E-state index contributed by atoms with van der Waals surface area (Å²) in [6.45, 7) is 4.97. The fourth-order valence-corrected chi connectivity index (χ4v) is 6.04. The van der Waals surface area contributed by atoms with E-state index in [1.165, 1.54) is 31.1 Å². The lowest BCUT2D eigenvalue weighted by Crippen LogP contribution is -2.68. The number of aliphatic hydroxyl groups excluding tert-OH is 2. The van der Waals surface area contributed by atoms with E-state index in [9.17, 15) is 24.6 Å². The van der Waals surface area contributed by atoms with Crippen molar-refractivity contribution < 1.29 is 34.1 Å². The number of carbonyl (C=O) groups is 3. The van der Waals surface area contributed by atoms with Crippen molar-refractivity contribution in [2.45, 2.75) is 89.3 Å². The van der Waals surface area contributed by atoms with Gasteiger partial charge in [-0.25, -0.2) is 0 Å². The molecule has 4 fully saturated rings. The highest BCUT2D eigenvalue weighted by atomic mass is 16.6. The predicted molar refractivity (Wildman–Crippen MR) is 118 cm³/mol. The molecule has 33 heavy (non-hydrogen) atoms. The number of imide groups is 1. The number of ether oxygens (including phenoxy) is 2. The molecule has 2 saturated heterocycles. The molecule has 3 N–H and O–H groups in total. The third-order valence-electron chi connectivity index (χ3n) is 8.37. The van der Waals surface area contributed by atoms with Crippen molar-refractivity contribution in [3.63, 3.8) is 0 Å². The summed E-state index contributed by atoms with van der Waals surface area (Å²) in [4.78, 5) is 38.0. The van der Waals surface area contributed by atoms with Crippen LogP contribution in [-0.2, 0) is 23.9 Å². The second kappa shape index (κ2) is 9.60. The minimum absolute atomic E-state index is 0.0201. The van der Waals surface area contributed by atoms with Gasteiger partial charge in [-0.2, -0.15) is 0 Å². The summed E-state index contributed by atoms with van der Waals surface area (Å²) in [5.41, 5.74) is -1.18. The molecule has 1 unspecified atom stereocenters. The summed E-state index contributed by atoms with van der Waals surface area (Å²) in [6.07, 6.45) is 3.41. The Bertz CT molecular complexity index is 766. The molecule has 2 aliphatic carbocycles. The third-order valence-corrected chi connectivity index (χ3v) is 8.37. The van der Waals surface area contributed by atoms with Crippen molar-refractivity contribution in [2.24, 2.45) is 23.7 Å². The Kier molecular flexibility index (Phi) is 7.15. The van der Waals surface area contributed by atoms with Gasteiger partial charge in [0.2, 0.25) is 17.7 Å². The van der Waals surface area contributed by atoms with Gasteiger partial charge in [0.25, 0.3) is 0 Å². The van der Waals surface area contributed by atoms with Crippen LogP contribution in [0.15, 0.2) is 0 Å². The zero-order valence-corrected chi connectivity index (χ0v) is 19.9. The van der Waals surface area contributed by atoms with E-state index in [-0.39, 0.29) is 43.4 Å². The largest absolute Gasteiger partial charge is 0.388 e. The normalized spacial score (nSPS) is 41.6. The first-order valence-corrected chi connectivity index (χ1v) is 12.3. The molecule has 0 aromatic heterocycles. The molecular weight excluding hydrogens is 428 g/mol. The smallest absolute Gasteiger partial charge is 0.233 e. The molecule has 0 aromatic rings. The van der Waals surface area contributed by atoms with Crippen LogP contribution in [-0.4, -0.2) is 82.5 Å². The number of nitrogens with zero attached hydrogens (tertiary/aromatic N) is 1. The van der Waals surface area contributed by atoms with Crippen LogP contribution < -0.4 is 5.32 Å². The first-order chi connectivity index (χ1) is 15.6. The molecular formula is C24H38N2O7. The third kappa shape index (κ3) is 4.83. The fraction of sp³-hybridized carbons (Fsp3) is 0.875. The quantitative estimate of drug-likeness (QED) is 0.353. The average molecular weight is 467 g/mol. The summed E-state index contributed by atoms with van der Waals surface area (Å²) < 4.78 is 11.6. The van der Waals surface area contributed by atoms with Gasteiger partial charge in [-0.3, -0.25) is 19.3 Å². The van der Waals surface area contributed by atoms with Crippen molar-refractivity contribution in [3.05, 3.63) is 0 Å². The molecule has 2 heterocycles. The minimum Gasteiger partial charge on any atom is -0.388 e. The number of hydrogen-bond donors (Lipinski definition) is 3. The lowest BCUT2D eigenvalue weighted by Gasteiger charge is -2.47. The summed E-state index contributed by atoms with van der Waals surface area (Å²) in [7, 11) is 0. The molecule has 6 atom stereocenters. The van der Waals surface area contributed by atoms with E-state index in [0.717, 1.165) is 24.7 Å². The lowest BCUT2D eigenvalue weighted by molar-refractivity contribution is -0.244. The van der Waals surface area contributed by atoms with Gasteiger partial charge in [0.1, 0.15) is 17.8 Å². The number of carbonyl (C=O) groups excluding carboxylic acids is 3. The second-order valence-corrected chi connectivity index (χ2v) is 10.7. The van der Waals surface area contributed by atoms with Crippen LogP contribution in [0.4, 0.5) is 0 Å². The van der Waals surface area contributed by atoms with E-state index in [4.69, 9.17) is 9.47 Å². The number of aliphatic hydroxyl groups is 2. The van der Waals surface area contributed by atoms with Crippen molar-refractivity contribution >= 4 is 17.7 Å². The first kappa shape index (κ1) is 24.6. The van der Waals surface area contributed by atoms with Gasteiger partial charge in [-0.05, 0) is 44.4 Å². The number of amides is 3. The summed E-state index contributed by atoms with van der Waals surface area (Å²) in [5, 5.41) is 23.7. The first-order valence-electron chi connectivity index (χ1n) is 12.3. The highest BCUT2D eigenvalue weighted by Gasteiger charge is 2.51. The monoisotopic (exact) mass is 466 g/mol. The van der Waals surface area contributed by atoms with Crippen LogP contribution >= 0.6 is 0 Å². The predicted octanol–water partition coefficient (Wildman–Crippen LogP) is 0.608. The molecule has 9 heteroatoms. The van der Waals surface area contributed by atoms with Crippen molar-refractivity contribution in [1.82, 2.24) is 10.2 Å². The van der Waals surface area contributed by atoms with Crippen LogP contribution in [0.25, 0.3) is 0 Å². The Hall–Kier alpha value is -1.55.